The lowest BCUT2D eigenvalue weighted by atomic mass is 9.93. The maximum absolute atomic E-state index is 12.5. The fourth-order valence-electron chi connectivity index (χ4n) is 4.23. The van der Waals surface area contributed by atoms with Crippen LogP contribution in [0.1, 0.15) is 37.4 Å². The van der Waals surface area contributed by atoms with E-state index in [1.165, 1.54) is 13.8 Å². The van der Waals surface area contributed by atoms with Crippen molar-refractivity contribution in [2.24, 2.45) is 0 Å². The molecule has 4 rings (SSSR count). The van der Waals surface area contributed by atoms with Crippen molar-refractivity contribution in [3.63, 3.8) is 0 Å². The number of hydrogen-bond donors (Lipinski definition) is 0. The van der Waals surface area contributed by atoms with E-state index < -0.39 is 41.9 Å². The number of fused-ring (bicyclic) bond motifs is 1. The number of ether oxygens (including phenoxy) is 4. The number of aromatic nitrogens is 1. The molecule has 1 fully saturated rings. The summed E-state index contributed by atoms with van der Waals surface area (Å²) in [5.74, 6) is -1.72. The molecule has 34 heavy (non-hydrogen) atoms. The van der Waals surface area contributed by atoms with Gasteiger partial charge in [-0.3, -0.25) is 9.59 Å². The van der Waals surface area contributed by atoms with Gasteiger partial charge in [-0.05, 0) is 37.3 Å². The predicted molar refractivity (Wildman–Crippen MR) is 123 cm³/mol. The van der Waals surface area contributed by atoms with Crippen LogP contribution >= 0.6 is 11.6 Å². The zero-order valence-electron chi connectivity index (χ0n) is 18.9. The Labute approximate surface area is 201 Å². The van der Waals surface area contributed by atoms with Crippen molar-refractivity contribution in [3.05, 3.63) is 71.4 Å². The van der Waals surface area contributed by atoms with Crippen LogP contribution in [0.2, 0.25) is 5.02 Å². The van der Waals surface area contributed by atoms with Crippen molar-refractivity contribution < 1.29 is 33.3 Å². The number of carbonyl (C=O) groups is 3. The summed E-state index contributed by atoms with van der Waals surface area (Å²) < 4.78 is 24.8. The molecular weight excluding hydrogens is 462 g/mol. The third-order valence-corrected chi connectivity index (χ3v) is 6.11. The largest absolute Gasteiger partial charge is 0.459 e. The average Bonchev–Trinajstić information content (AvgIpc) is 3.32. The summed E-state index contributed by atoms with van der Waals surface area (Å²) >= 11 is 6.33. The molecule has 0 saturated carbocycles. The first-order valence-corrected chi connectivity index (χ1v) is 11.1. The van der Waals surface area contributed by atoms with Gasteiger partial charge in [0.25, 0.3) is 0 Å². The first-order valence-electron chi connectivity index (χ1n) is 10.7. The number of benzene rings is 2. The second kappa shape index (κ2) is 9.48. The third kappa shape index (κ3) is 4.51. The Morgan fingerprint density at radius 2 is 1.76 bits per heavy atom. The van der Waals surface area contributed by atoms with Crippen molar-refractivity contribution in [3.8, 4) is 0 Å². The summed E-state index contributed by atoms with van der Waals surface area (Å²) in [6, 6.07) is 15.7. The van der Waals surface area contributed by atoms with Gasteiger partial charge in [0.05, 0.1) is 11.1 Å². The Morgan fingerprint density at radius 3 is 2.44 bits per heavy atom. The van der Waals surface area contributed by atoms with E-state index in [1.54, 1.807) is 60.2 Å². The van der Waals surface area contributed by atoms with Crippen LogP contribution in [-0.2, 0) is 28.5 Å². The molecule has 1 aliphatic heterocycles. The van der Waals surface area contributed by atoms with Crippen LogP contribution in [-0.4, -0.2) is 46.9 Å². The molecule has 3 aromatic rings. The van der Waals surface area contributed by atoms with Crippen molar-refractivity contribution >= 4 is 40.4 Å². The third-order valence-electron chi connectivity index (χ3n) is 5.78. The minimum atomic E-state index is -1.44. The highest BCUT2D eigenvalue weighted by molar-refractivity contribution is 6.35. The first-order chi connectivity index (χ1) is 16.2. The van der Waals surface area contributed by atoms with Crippen LogP contribution in [0.3, 0.4) is 0 Å². The molecule has 0 spiro atoms. The highest BCUT2D eigenvalue weighted by Crippen LogP contribution is 2.44. The highest BCUT2D eigenvalue weighted by Gasteiger charge is 2.59. The van der Waals surface area contributed by atoms with E-state index in [-0.39, 0.29) is 6.61 Å². The molecule has 0 bridgehead atoms. The quantitative estimate of drug-likeness (QED) is 0.379. The van der Waals surface area contributed by atoms with Gasteiger partial charge in [0.15, 0.2) is 17.9 Å². The first kappa shape index (κ1) is 23.8. The van der Waals surface area contributed by atoms with Crippen LogP contribution in [0.5, 0.6) is 0 Å². The molecule has 1 aliphatic rings. The summed E-state index contributed by atoms with van der Waals surface area (Å²) in [4.78, 5) is 36.6. The van der Waals surface area contributed by atoms with Gasteiger partial charge >= 0.3 is 17.9 Å². The summed E-state index contributed by atoms with van der Waals surface area (Å²) in [5.41, 5.74) is -0.329. The van der Waals surface area contributed by atoms with Gasteiger partial charge in [-0.2, -0.15) is 0 Å². The van der Waals surface area contributed by atoms with Crippen molar-refractivity contribution in [1.29, 1.82) is 0 Å². The van der Waals surface area contributed by atoms with Crippen LogP contribution < -0.4 is 0 Å². The van der Waals surface area contributed by atoms with E-state index in [2.05, 4.69) is 0 Å². The fraction of sp³-hybridized carbons (Fsp3) is 0.320. The Balaban J connectivity index is 1.70. The maximum Gasteiger partial charge on any atom is 0.338 e. The molecule has 2 aromatic carbocycles. The zero-order chi connectivity index (χ0) is 24.5. The maximum atomic E-state index is 12.5. The second-order valence-corrected chi connectivity index (χ2v) is 8.59. The lowest BCUT2D eigenvalue weighted by Gasteiger charge is -2.33. The van der Waals surface area contributed by atoms with Crippen LogP contribution in [0.4, 0.5) is 0 Å². The lowest BCUT2D eigenvalue weighted by molar-refractivity contribution is -0.182. The monoisotopic (exact) mass is 485 g/mol. The molecule has 0 N–H and O–H groups in total. The van der Waals surface area contributed by atoms with Gasteiger partial charge in [0.2, 0.25) is 0 Å². The zero-order valence-corrected chi connectivity index (χ0v) is 19.7. The number of carbonyl (C=O) groups excluding carboxylic acids is 3. The second-order valence-electron chi connectivity index (χ2n) is 8.18. The molecule has 4 atom stereocenters. The molecule has 0 unspecified atom stereocenters. The van der Waals surface area contributed by atoms with E-state index in [0.29, 0.717) is 10.6 Å². The number of nitrogens with zero attached hydrogens (tertiary/aromatic N) is 1. The van der Waals surface area contributed by atoms with Crippen molar-refractivity contribution in [1.82, 2.24) is 4.57 Å². The van der Waals surface area contributed by atoms with Crippen LogP contribution in [0.15, 0.2) is 60.8 Å². The van der Waals surface area contributed by atoms with Gasteiger partial charge in [-0.25, -0.2) is 4.79 Å². The van der Waals surface area contributed by atoms with E-state index in [4.69, 9.17) is 30.5 Å². The lowest BCUT2D eigenvalue weighted by Crippen LogP contribution is -2.51. The number of hydrogen-bond acceptors (Lipinski definition) is 7. The molecule has 0 radical (unpaired) electrons. The average molecular weight is 486 g/mol. The van der Waals surface area contributed by atoms with Crippen molar-refractivity contribution in [2.75, 3.05) is 6.61 Å². The number of halogens is 1. The normalized spacial score (nSPS) is 24.1. The SMILES string of the molecule is CC(=O)O[C@H]1[C@H](n2ccc3c(Cl)cccc32)O[C@H](COC(=O)c2ccccc2)[C@@]1(C)OC(C)=O. The van der Waals surface area contributed by atoms with Gasteiger partial charge in [0.1, 0.15) is 12.7 Å². The van der Waals surface area contributed by atoms with Gasteiger partial charge in [-0.1, -0.05) is 35.9 Å². The Bertz CT molecular complexity index is 1220. The molecule has 0 aliphatic carbocycles. The summed E-state index contributed by atoms with van der Waals surface area (Å²) in [7, 11) is 0. The van der Waals surface area contributed by atoms with E-state index in [9.17, 15) is 14.4 Å². The Morgan fingerprint density at radius 1 is 1.03 bits per heavy atom. The van der Waals surface area contributed by atoms with Crippen LogP contribution in [0.25, 0.3) is 10.9 Å². The minimum absolute atomic E-state index is 0.230. The molecule has 2 heterocycles. The number of esters is 3. The smallest absolute Gasteiger partial charge is 0.338 e. The summed E-state index contributed by atoms with van der Waals surface area (Å²) in [5, 5.41) is 1.33. The molecule has 1 saturated heterocycles. The fourth-order valence-corrected chi connectivity index (χ4v) is 4.46. The summed E-state index contributed by atoms with van der Waals surface area (Å²) in [6.07, 6.45) is -1.06. The highest BCUT2D eigenvalue weighted by atomic mass is 35.5. The molecule has 1 aromatic heterocycles. The predicted octanol–water partition coefficient (Wildman–Crippen LogP) is 4.30. The Hall–Kier alpha value is -3.36. The Kier molecular flexibility index (Phi) is 6.63. The van der Waals surface area contributed by atoms with Crippen molar-refractivity contribution in [2.45, 2.75) is 44.8 Å². The molecule has 0 amide bonds. The molecule has 178 valence electrons. The summed E-state index contributed by atoms with van der Waals surface area (Å²) in [6.45, 7) is 3.88. The molecule has 8 nitrogen and oxygen atoms in total. The van der Waals surface area contributed by atoms with Gasteiger partial charge in [0, 0.05) is 30.5 Å². The van der Waals surface area contributed by atoms with E-state index in [0.717, 1.165) is 10.9 Å². The molecular formula is C25H24ClNO7. The van der Waals surface area contributed by atoms with Gasteiger partial charge in [-0.15, -0.1) is 0 Å². The topological polar surface area (TPSA) is 93.1 Å². The number of rotatable bonds is 6. The standard InChI is InChI=1S/C25H24ClNO7/c1-15(28)32-22-23(27-13-12-18-19(26)10-7-11-20(18)27)33-21(25(22,3)34-16(2)29)14-31-24(30)17-8-5-4-6-9-17/h4-13,21-23H,14H2,1-3H3/t21-,22+,23-,25-/m1/s1. The van der Waals surface area contributed by atoms with E-state index in [1.807, 2.05) is 12.1 Å². The van der Waals surface area contributed by atoms with E-state index >= 15 is 0 Å². The van der Waals surface area contributed by atoms with Gasteiger partial charge < -0.3 is 23.5 Å². The molecule has 9 heteroatoms. The van der Waals surface area contributed by atoms with Crippen LogP contribution in [0, 0.1) is 0 Å². The minimum Gasteiger partial charge on any atom is -0.459 e.